The summed E-state index contributed by atoms with van der Waals surface area (Å²) in [6.45, 7) is -0.166. The summed E-state index contributed by atoms with van der Waals surface area (Å²) in [7, 11) is 4.20. The number of hydrogen-bond acceptors (Lipinski definition) is 9. The van der Waals surface area contributed by atoms with Crippen LogP contribution < -0.4 is 30.0 Å². The Morgan fingerprint density at radius 1 is 1.09 bits per heavy atom. The number of rotatable bonds is 10. The lowest BCUT2D eigenvalue weighted by atomic mass is 9.81. The monoisotopic (exact) mass is 655 g/mol. The van der Waals surface area contributed by atoms with Crippen LogP contribution in [0.15, 0.2) is 42.6 Å². The maximum absolute atomic E-state index is 14.9. The molecule has 0 saturated heterocycles. The van der Waals surface area contributed by atoms with Gasteiger partial charge in [-0.2, -0.15) is 18.3 Å². The summed E-state index contributed by atoms with van der Waals surface area (Å²) in [5.41, 5.74) is 0.166. The van der Waals surface area contributed by atoms with Gasteiger partial charge >= 0.3 is 6.18 Å². The standard InChI is InChI=1S/C32H32F3N5O7/c1-30(29(36)42)15-47-27-20(30)12-24(38-26(27)16-5-8-21(44-2)22(10-16)45-3)31(43,32(33,34)35)14-37-28(41)17-9-18-13-40(19-6-7-19)39-25(18)23(11-17)46-4/h5,8-13,19,43H,6-7,14-15H2,1-4H3,(H2,36,42)(H,37,41)/t30-,31+/m0/s1. The molecule has 6 rings (SSSR count). The van der Waals surface area contributed by atoms with Crippen LogP contribution in [0.1, 0.15) is 47.4 Å². The van der Waals surface area contributed by atoms with Gasteiger partial charge in [0.15, 0.2) is 11.5 Å². The number of primary amides is 1. The first-order valence-electron chi connectivity index (χ1n) is 14.6. The van der Waals surface area contributed by atoms with Gasteiger partial charge in [-0.25, -0.2) is 4.98 Å². The third-order valence-corrected chi connectivity index (χ3v) is 8.67. The molecule has 248 valence electrons. The van der Waals surface area contributed by atoms with E-state index in [0.29, 0.717) is 16.7 Å². The Balaban J connectivity index is 1.42. The van der Waals surface area contributed by atoms with Crippen LogP contribution in [0, 0.1) is 0 Å². The molecule has 1 aliphatic carbocycles. The number of aliphatic hydroxyl groups is 1. The van der Waals surface area contributed by atoms with E-state index in [1.54, 1.807) is 10.9 Å². The van der Waals surface area contributed by atoms with E-state index in [1.807, 2.05) is 0 Å². The normalized spacial score (nSPS) is 18.6. The van der Waals surface area contributed by atoms with E-state index in [4.69, 9.17) is 24.7 Å². The van der Waals surface area contributed by atoms with E-state index in [1.165, 1.54) is 58.6 Å². The molecule has 2 amide bonds. The Morgan fingerprint density at radius 2 is 1.79 bits per heavy atom. The molecular weight excluding hydrogens is 623 g/mol. The van der Waals surface area contributed by atoms with Gasteiger partial charge < -0.3 is 35.1 Å². The summed E-state index contributed by atoms with van der Waals surface area (Å²) in [5, 5.41) is 18.7. The first-order valence-corrected chi connectivity index (χ1v) is 14.6. The van der Waals surface area contributed by atoms with Gasteiger partial charge in [0.25, 0.3) is 5.91 Å². The minimum Gasteiger partial charge on any atom is -0.494 e. The number of amides is 2. The molecule has 2 aromatic carbocycles. The number of nitrogens with one attached hydrogen (secondary N) is 1. The number of halogens is 3. The highest BCUT2D eigenvalue weighted by molar-refractivity contribution is 6.00. The molecule has 12 nitrogen and oxygen atoms in total. The van der Waals surface area contributed by atoms with E-state index in [-0.39, 0.29) is 52.3 Å². The third-order valence-electron chi connectivity index (χ3n) is 8.67. The van der Waals surface area contributed by atoms with Crippen molar-refractivity contribution in [3.05, 3.63) is 59.4 Å². The lowest BCUT2D eigenvalue weighted by Crippen LogP contribution is -2.51. The molecule has 2 aromatic heterocycles. The second-order valence-electron chi connectivity index (χ2n) is 11.8. The molecule has 0 radical (unpaired) electrons. The van der Waals surface area contributed by atoms with Crippen LogP contribution in [-0.4, -0.2) is 72.3 Å². The molecule has 1 fully saturated rings. The van der Waals surface area contributed by atoms with E-state index in [9.17, 15) is 27.9 Å². The first-order chi connectivity index (χ1) is 22.2. The molecular formula is C32H32F3N5O7. The number of nitrogens with zero attached hydrogens (tertiary/aromatic N) is 3. The summed E-state index contributed by atoms with van der Waals surface area (Å²) < 4.78 is 68.2. The Morgan fingerprint density at radius 3 is 2.40 bits per heavy atom. The molecule has 2 atom stereocenters. The number of carbonyl (C=O) groups is 2. The number of nitrogens with two attached hydrogens (primary N) is 1. The number of ether oxygens (including phenoxy) is 4. The number of alkyl halides is 3. The van der Waals surface area contributed by atoms with Crippen LogP contribution in [0.4, 0.5) is 13.2 Å². The van der Waals surface area contributed by atoms with Gasteiger partial charge in [0.05, 0.1) is 39.6 Å². The lowest BCUT2D eigenvalue weighted by molar-refractivity contribution is -0.265. The largest absolute Gasteiger partial charge is 0.494 e. The summed E-state index contributed by atoms with van der Waals surface area (Å²) in [4.78, 5) is 30.1. The molecule has 1 saturated carbocycles. The predicted octanol–water partition coefficient (Wildman–Crippen LogP) is 3.77. The van der Waals surface area contributed by atoms with Crippen LogP contribution in [0.25, 0.3) is 22.2 Å². The topological polar surface area (TPSA) is 160 Å². The number of methoxy groups -OCH3 is 3. The van der Waals surface area contributed by atoms with Crippen molar-refractivity contribution in [3.63, 3.8) is 0 Å². The highest BCUT2D eigenvalue weighted by Crippen LogP contribution is 2.48. The lowest BCUT2D eigenvalue weighted by Gasteiger charge is -2.31. The minimum atomic E-state index is -5.34. The zero-order valence-corrected chi connectivity index (χ0v) is 25.9. The Bertz CT molecular complexity index is 1910. The van der Waals surface area contributed by atoms with Gasteiger partial charge in [0.1, 0.15) is 34.7 Å². The Kier molecular flexibility index (Phi) is 7.69. The van der Waals surface area contributed by atoms with Crippen LogP contribution >= 0.6 is 0 Å². The van der Waals surface area contributed by atoms with Gasteiger partial charge in [0.2, 0.25) is 11.5 Å². The predicted molar refractivity (Wildman–Crippen MR) is 162 cm³/mol. The molecule has 47 heavy (non-hydrogen) atoms. The molecule has 0 bridgehead atoms. The maximum Gasteiger partial charge on any atom is 0.424 e. The van der Waals surface area contributed by atoms with Gasteiger partial charge in [-0.3, -0.25) is 14.3 Å². The fraction of sp³-hybridized carbons (Fsp3) is 0.375. The highest BCUT2D eigenvalue weighted by atomic mass is 19.4. The minimum absolute atomic E-state index is 0.00291. The fourth-order valence-electron chi connectivity index (χ4n) is 5.56. The van der Waals surface area contributed by atoms with Crippen molar-refractivity contribution in [2.45, 2.75) is 43.0 Å². The van der Waals surface area contributed by atoms with E-state index in [0.717, 1.165) is 18.9 Å². The zero-order chi connectivity index (χ0) is 33.9. The quantitative estimate of drug-likeness (QED) is 0.231. The number of fused-ring (bicyclic) bond motifs is 2. The SMILES string of the molecule is COc1ccc(-c2nc([C@](O)(CNC(=O)c3cc(OC)c4nn(C5CC5)cc4c3)C(F)(F)F)cc3c2OC[C@]3(C)C(N)=O)cc1OC. The van der Waals surface area contributed by atoms with E-state index < -0.39 is 41.2 Å². The summed E-state index contributed by atoms with van der Waals surface area (Å²) >= 11 is 0. The molecule has 4 aromatic rings. The van der Waals surface area contributed by atoms with Crippen molar-refractivity contribution in [3.8, 4) is 34.3 Å². The average Bonchev–Trinajstić information content (AvgIpc) is 3.72. The second-order valence-corrected chi connectivity index (χ2v) is 11.8. The molecule has 0 unspecified atom stereocenters. The molecule has 0 spiro atoms. The third kappa shape index (κ3) is 5.33. The van der Waals surface area contributed by atoms with Gasteiger partial charge in [-0.1, -0.05) is 0 Å². The van der Waals surface area contributed by atoms with Crippen molar-refractivity contribution in [1.82, 2.24) is 20.1 Å². The van der Waals surface area contributed by atoms with Gasteiger partial charge in [-0.15, -0.1) is 0 Å². The molecule has 2 aliphatic rings. The highest BCUT2D eigenvalue weighted by Gasteiger charge is 2.57. The van der Waals surface area contributed by atoms with Crippen molar-refractivity contribution in [2.24, 2.45) is 5.73 Å². The number of aromatic nitrogens is 3. The Hall–Kier alpha value is -5.05. The van der Waals surface area contributed by atoms with Crippen molar-refractivity contribution >= 4 is 22.7 Å². The van der Waals surface area contributed by atoms with Crippen LogP contribution in [-0.2, 0) is 15.8 Å². The maximum atomic E-state index is 14.9. The molecule has 3 heterocycles. The average molecular weight is 656 g/mol. The summed E-state index contributed by atoms with van der Waals surface area (Å²) in [5.74, 6) is -0.888. The number of carbonyl (C=O) groups excluding carboxylic acids is 2. The van der Waals surface area contributed by atoms with Gasteiger partial charge in [-0.05, 0) is 56.2 Å². The van der Waals surface area contributed by atoms with Gasteiger partial charge in [0, 0.05) is 28.3 Å². The van der Waals surface area contributed by atoms with Crippen molar-refractivity contribution < 1.29 is 46.8 Å². The first kappa shape index (κ1) is 31.9. The van der Waals surface area contributed by atoms with Crippen molar-refractivity contribution in [1.29, 1.82) is 0 Å². The van der Waals surface area contributed by atoms with E-state index >= 15 is 0 Å². The smallest absolute Gasteiger partial charge is 0.424 e. The molecule has 15 heteroatoms. The number of pyridine rings is 1. The Labute approximate surface area is 266 Å². The van der Waals surface area contributed by atoms with Crippen LogP contribution in [0.5, 0.6) is 23.0 Å². The van der Waals surface area contributed by atoms with E-state index in [2.05, 4.69) is 15.4 Å². The van der Waals surface area contributed by atoms with Crippen molar-refractivity contribution in [2.75, 3.05) is 34.5 Å². The molecule has 1 aliphatic heterocycles. The number of benzene rings is 2. The van der Waals surface area contributed by atoms with Crippen LogP contribution in [0.2, 0.25) is 0 Å². The number of hydrogen-bond donors (Lipinski definition) is 3. The zero-order valence-electron chi connectivity index (χ0n) is 25.9. The molecule has 4 N–H and O–H groups in total. The van der Waals surface area contributed by atoms with Crippen LogP contribution in [0.3, 0.4) is 0 Å². The summed E-state index contributed by atoms with van der Waals surface area (Å²) in [6.07, 6.45) is -1.66. The second kappa shape index (κ2) is 11.3. The summed E-state index contributed by atoms with van der Waals surface area (Å²) in [6, 6.07) is 8.55. The fourth-order valence-corrected chi connectivity index (χ4v) is 5.56.